The molecule has 0 amide bonds. The van der Waals surface area contributed by atoms with Gasteiger partial charge in [0.05, 0.1) is 91.4 Å². The van der Waals surface area contributed by atoms with Crippen LogP contribution in [0.25, 0.3) is 122 Å². The molecule has 13 aromatic rings. The van der Waals surface area contributed by atoms with Gasteiger partial charge in [-0.15, -0.1) is 0 Å². The molecule has 0 spiro atoms. The van der Waals surface area contributed by atoms with E-state index in [9.17, 15) is 21.0 Å². The van der Waals surface area contributed by atoms with Crippen molar-refractivity contribution in [3.8, 4) is 103 Å². The van der Waals surface area contributed by atoms with Gasteiger partial charge in [0.2, 0.25) is 0 Å². The number of aromatic nitrogens is 4. The van der Waals surface area contributed by atoms with Crippen LogP contribution < -0.4 is 0 Å². The monoisotopic (exact) mass is 966 g/mol. The normalized spacial score (nSPS) is 11.1. The summed E-state index contributed by atoms with van der Waals surface area (Å²) in [7, 11) is 0. The van der Waals surface area contributed by atoms with E-state index in [1.807, 2.05) is 72.8 Å². The molecule has 8 heteroatoms. The molecule has 0 bridgehead atoms. The number of nitriles is 4. The molecule has 0 aliphatic rings. The van der Waals surface area contributed by atoms with Crippen molar-refractivity contribution in [2.24, 2.45) is 0 Å². The Balaban J connectivity index is 1.07. The van der Waals surface area contributed by atoms with Crippen LogP contribution in [0.4, 0.5) is 0 Å². The third-order valence-corrected chi connectivity index (χ3v) is 14.2. The largest absolute Gasteiger partial charge is 0.309 e. The van der Waals surface area contributed by atoms with E-state index in [1.165, 1.54) is 0 Å². The van der Waals surface area contributed by atoms with E-state index < -0.39 is 0 Å². The van der Waals surface area contributed by atoms with Gasteiger partial charge in [0.1, 0.15) is 0 Å². The molecule has 350 valence electrons. The van der Waals surface area contributed by atoms with Crippen LogP contribution in [0, 0.1) is 45.3 Å². The lowest BCUT2D eigenvalue weighted by atomic mass is 9.97. The molecule has 0 saturated heterocycles. The zero-order chi connectivity index (χ0) is 51.3. The summed E-state index contributed by atoms with van der Waals surface area (Å²) in [6.45, 7) is 0. The Morgan fingerprint density at radius 2 is 0.697 bits per heavy atom. The summed E-state index contributed by atoms with van der Waals surface area (Å²) in [6.07, 6.45) is 0. The molecule has 0 aliphatic heterocycles. The zero-order valence-electron chi connectivity index (χ0n) is 40.5. The van der Waals surface area contributed by atoms with Gasteiger partial charge in [0, 0.05) is 49.4 Å². The second-order valence-corrected chi connectivity index (χ2v) is 18.7. The van der Waals surface area contributed by atoms with E-state index in [-0.39, 0.29) is 0 Å². The standard InChI is InChI=1S/C68H38N8/c69-39-43-29-44(40-70)32-52(31-43)49-24-27-65-58(35-49)55-18-8-11-21-63(55)75(65)62-20-10-7-17-54(62)57-26-23-51(61-38-60(47-13-3-1-4-14-47)73-68(74-61)48-15-5-2-6-16-48)37-67(57)76-64-22-12-9-19-56(64)59-36-50(25-28-66(59)76)53-33-45(41-71)30-46(34-53)42-72/h1-38H. The maximum Gasteiger partial charge on any atom is 0.160 e. The Labute approximate surface area is 437 Å². The lowest BCUT2D eigenvalue weighted by molar-refractivity contribution is 1.15. The van der Waals surface area contributed by atoms with Crippen LogP contribution in [0.3, 0.4) is 0 Å². The molecule has 10 aromatic carbocycles. The average Bonchev–Trinajstić information content (AvgIpc) is 4.10. The minimum Gasteiger partial charge on any atom is -0.309 e. The highest BCUT2D eigenvalue weighted by molar-refractivity contribution is 6.13. The molecular formula is C68H38N8. The molecule has 0 fully saturated rings. The topological polar surface area (TPSA) is 131 Å². The van der Waals surface area contributed by atoms with Crippen molar-refractivity contribution in [1.29, 1.82) is 21.0 Å². The molecular weight excluding hydrogens is 929 g/mol. The van der Waals surface area contributed by atoms with Crippen LogP contribution in [0.5, 0.6) is 0 Å². The number of hydrogen-bond donors (Lipinski definition) is 0. The second kappa shape index (κ2) is 18.5. The maximum absolute atomic E-state index is 9.92. The van der Waals surface area contributed by atoms with Gasteiger partial charge in [-0.2, -0.15) is 21.0 Å². The minimum absolute atomic E-state index is 0.426. The van der Waals surface area contributed by atoms with Crippen LogP contribution >= 0.6 is 0 Å². The van der Waals surface area contributed by atoms with Gasteiger partial charge >= 0.3 is 0 Å². The van der Waals surface area contributed by atoms with Gasteiger partial charge in [-0.25, -0.2) is 9.97 Å². The van der Waals surface area contributed by atoms with E-state index in [0.29, 0.717) is 28.1 Å². The fourth-order valence-electron chi connectivity index (χ4n) is 10.7. The number of benzene rings is 10. The van der Waals surface area contributed by atoms with Gasteiger partial charge < -0.3 is 9.13 Å². The fraction of sp³-hybridized carbons (Fsp3) is 0. The van der Waals surface area contributed by atoms with E-state index in [1.54, 1.807) is 12.1 Å². The highest BCUT2D eigenvalue weighted by Crippen LogP contribution is 2.44. The summed E-state index contributed by atoms with van der Waals surface area (Å²) in [5.74, 6) is 0.620. The van der Waals surface area contributed by atoms with Crippen LogP contribution in [-0.4, -0.2) is 19.1 Å². The van der Waals surface area contributed by atoms with E-state index >= 15 is 0 Å². The molecule has 0 saturated carbocycles. The van der Waals surface area contributed by atoms with Crippen LogP contribution in [0.1, 0.15) is 22.3 Å². The number of fused-ring (bicyclic) bond motifs is 6. The van der Waals surface area contributed by atoms with Crippen LogP contribution in [-0.2, 0) is 0 Å². The first-order chi connectivity index (χ1) is 37.5. The first kappa shape index (κ1) is 44.8. The minimum atomic E-state index is 0.426. The van der Waals surface area contributed by atoms with Gasteiger partial charge in [-0.05, 0) is 113 Å². The average molecular weight is 967 g/mol. The van der Waals surface area contributed by atoms with Gasteiger partial charge in [0.15, 0.2) is 5.82 Å². The number of para-hydroxylation sites is 3. The van der Waals surface area contributed by atoms with Gasteiger partial charge in [-0.3, -0.25) is 0 Å². The molecule has 0 unspecified atom stereocenters. The Bertz CT molecular complexity index is 4570. The number of nitrogens with zero attached hydrogens (tertiary/aromatic N) is 8. The SMILES string of the molecule is N#Cc1cc(C#N)cc(-c2ccc3c(c2)c2ccccc2n3-c2ccccc2-c2ccc(-c3cc(-c4ccccc4)nc(-c4ccccc4)n3)cc2-n2c3ccccc3c3cc(-c4cc(C#N)cc(C#N)c4)ccc32)c1. The third kappa shape index (κ3) is 7.68. The molecule has 8 nitrogen and oxygen atoms in total. The van der Waals surface area contributed by atoms with E-state index in [4.69, 9.17) is 9.97 Å². The molecule has 3 heterocycles. The van der Waals surface area contributed by atoms with Gasteiger partial charge in [-0.1, -0.05) is 140 Å². The molecule has 0 aliphatic carbocycles. The lowest BCUT2D eigenvalue weighted by Gasteiger charge is -2.20. The van der Waals surface area contributed by atoms with Crippen molar-refractivity contribution in [3.05, 3.63) is 253 Å². The fourth-order valence-corrected chi connectivity index (χ4v) is 10.7. The first-order valence-electron chi connectivity index (χ1n) is 24.7. The summed E-state index contributed by atoms with van der Waals surface area (Å²) >= 11 is 0. The Morgan fingerprint density at radius 1 is 0.276 bits per heavy atom. The lowest BCUT2D eigenvalue weighted by Crippen LogP contribution is -2.02. The van der Waals surface area contributed by atoms with Crippen molar-refractivity contribution in [3.63, 3.8) is 0 Å². The summed E-state index contributed by atoms with van der Waals surface area (Å²) in [6, 6.07) is 86.6. The quantitative estimate of drug-likeness (QED) is 0.149. The zero-order valence-corrected chi connectivity index (χ0v) is 40.5. The van der Waals surface area contributed by atoms with Crippen molar-refractivity contribution in [1.82, 2.24) is 19.1 Å². The Hall–Kier alpha value is -11.2. The molecule has 0 atom stereocenters. The highest BCUT2D eigenvalue weighted by Gasteiger charge is 2.23. The van der Waals surface area contributed by atoms with Crippen molar-refractivity contribution >= 4 is 43.6 Å². The smallest absolute Gasteiger partial charge is 0.160 e. The van der Waals surface area contributed by atoms with Crippen LogP contribution in [0.2, 0.25) is 0 Å². The number of rotatable bonds is 8. The second-order valence-electron chi connectivity index (χ2n) is 18.7. The van der Waals surface area contributed by atoms with Crippen molar-refractivity contribution in [2.75, 3.05) is 0 Å². The van der Waals surface area contributed by atoms with E-state index in [2.05, 4.69) is 179 Å². The van der Waals surface area contributed by atoms with Crippen molar-refractivity contribution in [2.45, 2.75) is 0 Å². The summed E-state index contributed by atoms with van der Waals surface area (Å²) in [4.78, 5) is 10.4. The predicted octanol–water partition coefficient (Wildman–Crippen LogP) is 16.2. The van der Waals surface area contributed by atoms with E-state index in [0.717, 1.165) is 116 Å². The third-order valence-electron chi connectivity index (χ3n) is 14.2. The molecule has 76 heavy (non-hydrogen) atoms. The first-order valence-corrected chi connectivity index (χ1v) is 24.7. The predicted molar refractivity (Wildman–Crippen MR) is 302 cm³/mol. The van der Waals surface area contributed by atoms with Gasteiger partial charge in [0.25, 0.3) is 0 Å². The number of hydrogen-bond acceptors (Lipinski definition) is 6. The summed E-state index contributed by atoms with van der Waals surface area (Å²) < 4.78 is 4.68. The Kier molecular flexibility index (Phi) is 10.9. The summed E-state index contributed by atoms with van der Waals surface area (Å²) in [5, 5.41) is 43.7. The Morgan fingerprint density at radius 3 is 1.24 bits per heavy atom. The molecule has 13 rings (SSSR count). The molecule has 3 aromatic heterocycles. The molecule has 0 N–H and O–H groups in total. The van der Waals surface area contributed by atoms with Crippen LogP contribution in [0.15, 0.2) is 231 Å². The highest BCUT2D eigenvalue weighted by atomic mass is 15.0. The maximum atomic E-state index is 9.92. The molecule has 0 radical (unpaired) electrons. The summed E-state index contributed by atoms with van der Waals surface area (Å²) in [5.41, 5.74) is 17.3. The van der Waals surface area contributed by atoms with Crippen molar-refractivity contribution < 1.29 is 0 Å².